The van der Waals surface area contributed by atoms with Gasteiger partial charge in [-0.25, -0.2) is 4.79 Å². The number of urea groups is 1. The minimum atomic E-state index is -1.33. The number of nitrogens with two attached hydrogens (primary N) is 1. The molecule has 0 spiro atoms. The van der Waals surface area contributed by atoms with Crippen molar-refractivity contribution < 1.29 is 43.2 Å². The summed E-state index contributed by atoms with van der Waals surface area (Å²) in [6.45, 7) is 13.4. The normalized spacial score (nSPS) is 24.4. The number of ketones is 3. The van der Waals surface area contributed by atoms with Crippen LogP contribution >= 0.6 is 11.6 Å². The third-order valence-electron chi connectivity index (χ3n) is 13.4. The molecule has 6 rings (SSSR count). The van der Waals surface area contributed by atoms with Gasteiger partial charge in [-0.05, 0) is 92.3 Å². The fourth-order valence-corrected chi connectivity index (χ4v) is 9.49. The van der Waals surface area contributed by atoms with Gasteiger partial charge in [0, 0.05) is 48.2 Å². The van der Waals surface area contributed by atoms with Gasteiger partial charge in [0.15, 0.2) is 17.3 Å². The van der Waals surface area contributed by atoms with Crippen molar-refractivity contribution in [3.63, 3.8) is 0 Å². The molecule has 4 aliphatic rings. The summed E-state index contributed by atoms with van der Waals surface area (Å²) in [6.07, 6.45) is 1.18. The molecule has 1 aliphatic heterocycles. The summed E-state index contributed by atoms with van der Waals surface area (Å²) in [5.74, 6) is -3.23. The van der Waals surface area contributed by atoms with Crippen LogP contribution in [0.5, 0.6) is 0 Å². The number of Topliss-reactive ketones (excluding diaryl/α,β-unsaturated/α-hetero) is 3. The van der Waals surface area contributed by atoms with Gasteiger partial charge in [-0.15, -0.1) is 0 Å². The van der Waals surface area contributed by atoms with Gasteiger partial charge in [0.2, 0.25) is 11.8 Å². The highest BCUT2D eigenvalue weighted by molar-refractivity contribution is 6.47. The van der Waals surface area contributed by atoms with Gasteiger partial charge < -0.3 is 36.1 Å². The van der Waals surface area contributed by atoms with Crippen molar-refractivity contribution in [3.05, 3.63) is 59.1 Å². The number of nitrogens with one attached hydrogen (secondary N) is 3. The van der Waals surface area contributed by atoms with Crippen LogP contribution in [0, 0.1) is 29.1 Å². The number of carbonyl (C=O) groups excluding carboxylic acids is 6. The van der Waals surface area contributed by atoms with E-state index in [1.54, 1.807) is 31.2 Å². The average Bonchev–Trinajstić information content (AvgIpc) is 3.57. The lowest BCUT2D eigenvalue weighted by Crippen LogP contribution is -2.65. The summed E-state index contributed by atoms with van der Waals surface area (Å²) in [7, 11) is -0.575. The number of hydrogen-bond donors (Lipinski definition) is 5. The Balaban J connectivity index is 1.16. The molecule has 0 radical (unpaired) electrons. The van der Waals surface area contributed by atoms with Gasteiger partial charge in [0.25, 0.3) is 0 Å². The number of halogens is 1. The topological polar surface area (TPSA) is 203 Å². The highest BCUT2D eigenvalue weighted by Gasteiger charge is 2.68. The Hall–Kier alpha value is -4.11. The van der Waals surface area contributed by atoms with Crippen molar-refractivity contribution in [2.24, 2.45) is 34.8 Å². The molecule has 4 amide bonds. The van der Waals surface area contributed by atoms with E-state index in [-0.39, 0.29) is 61.1 Å². The van der Waals surface area contributed by atoms with Gasteiger partial charge in [-0.2, -0.15) is 0 Å². The molecule has 10 atom stereocenters. The average molecular weight is 849 g/mol. The van der Waals surface area contributed by atoms with Crippen molar-refractivity contribution in [1.82, 2.24) is 16.0 Å². The molecule has 2 aromatic carbocycles. The Morgan fingerprint density at radius 2 is 1.52 bits per heavy atom. The Morgan fingerprint density at radius 1 is 0.883 bits per heavy atom. The lowest BCUT2D eigenvalue weighted by Gasteiger charge is -2.64. The second-order valence-corrected chi connectivity index (χ2v) is 18.5. The number of hydrogen-bond acceptors (Lipinski definition) is 9. The van der Waals surface area contributed by atoms with Crippen molar-refractivity contribution in [3.8, 4) is 11.1 Å². The Labute approximate surface area is 359 Å². The Bertz CT molecular complexity index is 1890. The molecule has 4 fully saturated rings. The zero-order chi connectivity index (χ0) is 44.1. The van der Waals surface area contributed by atoms with E-state index in [2.05, 4.69) is 36.7 Å². The van der Waals surface area contributed by atoms with E-state index < -0.39 is 66.4 Å². The number of amides is 4. The third-order valence-corrected chi connectivity index (χ3v) is 13.6. The highest BCUT2D eigenvalue weighted by Crippen LogP contribution is 2.66. The van der Waals surface area contributed by atoms with Gasteiger partial charge in [0.1, 0.15) is 6.04 Å². The summed E-state index contributed by atoms with van der Waals surface area (Å²) < 4.78 is 13.0. The molecule has 15 heteroatoms. The Morgan fingerprint density at radius 3 is 2.10 bits per heavy atom. The minimum absolute atomic E-state index is 0.0407. The number of rotatable bonds is 21. The number of benzene rings is 2. The van der Waals surface area contributed by atoms with Crippen LogP contribution in [0.25, 0.3) is 11.1 Å². The van der Waals surface area contributed by atoms with Crippen molar-refractivity contribution in [2.45, 2.75) is 136 Å². The van der Waals surface area contributed by atoms with E-state index in [4.69, 9.17) is 26.6 Å². The van der Waals surface area contributed by atoms with Crippen LogP contribution in [0.2, 0.25) is 10.8 Å². The van der Waals surface area contributed by atoms with Crippen LogP contribution in [0.1, 0.15) is 110 Å². The SMILES string of the molecule is CC[C@H](CC(=O)c1ccc(-c2ccc(Cl)cc2)cc1)C(=O)N[C@H](C(=O)C[C@@H](C)C(=O)N[C@@H](CCCNC(N)=O)C(=O)C[C@@H](C)B1O[C@@H]2C[C@@H]3C[C@@H](C3(C)C)[C@]2(C)O1)[C@@H](C)O. The van der Waals surface area contributed by atoms with E-state index in [1.165, 1.54) is 13.8 Å². The molecule has 1 saturated heterocycles. The van der Waals surface area contributed by atoms with Gasteiger partial charge in [0.05, 0.1) is 23.9 Å². The van der Waals surface area contributed by atoms with Crippen molar-refractivity contribution >= 4 is 53.9 Å². The largest absolute Gasteiger partial charge is 0.461 e. The molecule has 3 saturated carbocycles. The molecule has 2 aromatic rings. The first kappa shape index (κ1) is 47.0. The van der Waals surface area contributed by atoms with Gasteiger partial charge >= 0.3 is 13.1 Å². The zero-order valence-corrected chi connectivity index (χ0v) is 36.7. The molecule has 60 heavy (non-hydrogen) atoms. The van der Waals surface area contributed by atoms with E-state index in [0.29, 0.717) is 35.3 Å². The van der Waals surface area contributed by atoms with Gasteiger partial charge in [-0.1, -0.05) is 82.6 Å². The lowest BCUT2D eigenvalue weighted by atomic mass is 9.43. The maximum absolute atomic E-state index is 13.8. The van der Waals surface area contributed by atoms with Gasteiger partial charge in [-0.3, -0.25) is 24.0 Å². The van der Waals surface area contributed by atoms with E-state index in [9.17, 15) is 33.9 Å². The predicted molar refractivity (Wildman–Crippen MR) is 230 cm³/mol. The second kappa shape index (κ2) is 19.7. The van der Waals surface area contributed by atoms with Crippen LogP contribution in [0.15, 0.2) is 48.5 Å². The molecule has 326 valence electrons. The molecule has 6 N–H and O–H groups in total. The third kappa shape index (κ3) is 10.8. The molecule has 0 aromatic heterocycles. The summed E-state index contributed by atoms with van der Waals surface area (Å²) in [6, 6.07) is 11.4. The molecular formula is C45H62BClN4O9. The van der Waals surface area contributed by atoms with Crippen LogP contribution in [0.4, 0.5) is 4.79 Å². The monoisotopic (exact) mass is 848 g/mol. The number of aliphatic hydroxyl groups is 1. The highest BCUT2D eigenvalue weighted by atomic mass is 35.5. The van der Waals surface area contributed by atoms with Crippen LogP contribution in [-0.4, -0.2) is 83.9 Å². The van der Waals surface area contributed by atoms with E-state index >= 15 is 0 Å². The van der Waals surface area contributed by atoms with E-state index in [1.807, 2.05) is 31.2 Å². The maximum Gasteiger partial charge on any atom is 0.461 e. The molecule has 0 unspecified atom stereocenters. The fourth-order valence-electron chi connectivity index (χ4n) is 9.36. The number of primary amides is 1. The smallest absolute Gasteiger partial charge is 0.405 e. The zero-order valence-electron chi connectivity index (χ0n) is 35.9. The number of carbonyl (C=O) groups is 6. The van der Waals surface area contributed by atoms with Crippen LogP contribution in [0.3, 0.4) is 0 Å². The number of aliphatic hydroxyl groups excluding tert-OH is 1. The minimum Gasteiger partial charge on any atom is -0.405 e. The first-order valence-electron chi connectivity index (χ1n) is 21.3. The predicted octanol–water partition coefficient (Wildman–Crippen LogP) is 6.08. The summed E-state index contributed by atoms with van der Waals surface area (Å²) >= 11 is 6.00. The first-order valence-corrected chi connectivity index (χ1v) is 21.7. The second-order valence-electron chi connectivity index (χ2n) is 18.1. The summed E-state index contributed by atoms with van der Waals surface area (Å²) in [5, 5.41) is 19.2. The lowest BCUT2D eigenvalue weighted by molar-refractivity contribution is -0.199. The first-order chi connectivity index (χ1) is 28.2. The summed E-state index contributed by atoms with van der Waals surface area (Å²) in [5.41, 5.74) is 7.24. The summed E-state index contributed by atoms with van der Waals surface area (Å²) in [4.78, 5) is 79.0. The molecule has 2 bridgehead atoms. The van der Waals surface area contributed by atoms with Crippen LogP contribution in [-0.2, 0) is 28.5 Å². The Kier molecular flexibility index (Phi) is 15.4. The van der Waals surface area contributed by atoms with Crippen LogP contribution < -0.4 is 21.7 Å². The molecule has 1 heterocycles. The van der Waals surface area contributed by atoms with Crippen molar-refractivity contribution in [1.29, 1.82) is 0 Å². The maximum atomic E-state index is 13.8. The quantitative estimate of drug-likeness (QED) is 0.0561. The molecule has 13 nitrogen and oxygen atoms in total. The molecule has 3 aliphatic carbocycles. The molecular weight excluding hydrogens is 787 g/mol. The van der Waals surface area contributed by atoms with Crippen molar-refractivity contribution in [2.75, 3.05) is 6.54 Å². The van der Waals surface area contributed by atoms with E-state index in [0.717, 1.165) is 24.0 Å². The fraction of sp³-hybridized carbons (Fsp3) is 0.600. The standard InChI is InChI=1S/C45H62BClN4O9/c1-8-28(22-35(53)31-13-11-29(12-14-31)30-15-17-33(47)18-16-30)42(57)51-40(27(4)52)37(55)20-25(2)41(56)50-34(10-9-19-49-43(48)58)36(54)21-26(3)46-59-39-24-32-23-38(44(32,5)6)45(39,7)60-46/h11-18,25-28,32,34,38-40,52H,8-10,19-24H2,1-7H3,(H,50,56)(H,51,57)(H3,48,49,58)/t25-,26-,27-,28-,32+,34+,38+,39-,40+,45+/m1/s1.